The maximum Gasteiger partial charge on any atom is 0.126 e. The number of halogens is 2. The van der Waals surface area contributed by atoms with E-state index in [-0.39, 0.29) is 11.9 Å². The van der Waals surface area contributed by atoms with E-state index in [0.29, 0.717) is 11.6 Å². The molecule has 2 nitrogen and oxygen atoms in total. The molecule has 3 rings (SSSR count). The van der Waals surface area contributed by atoms with Crippen LogP contribution in [-0.4, -0.2) is 6.61 Å². The van der Waals surface area contributed by atoms with E-state index < -0.39 is 0 Å². The van der Waals surface area contributed by atoms with E-state index in [9.17, 15) is 4.39 Å². The van der Waals surface area contributed by atoms with Gasteiger partial charge in [-0.3, -0.25) is 0 Å². The van der Waals surface area contributed by atoms with Crippen LogP contribution >= 0.6 is 11.6 Å². The summed E-state index contributed by atoms with van der Waals surface area (Å²) in [4.78, 5) is 0. The number of hydrogen-bond donors (Lipinski definition) is 1. The zero-order valence-corrected chi connectivity index (χ0v) is 10.2. The molecule has 0 radical (unpaired) electrons. The van der Waals surface area contributed by atoms with Crippen molar-refractivity contribution in [3.05, 3.63) is 58.9 Å². The minimum Gasteiger partial charge on any atom is -0.491 e. The number of ether oxygens (including phenoxy) is 1. The van der Waals surface area contributed by atoms with Gasteiger partial charge in [-0.1, -0.05) is 17.7 Å². The molecular weight excluding hydrogens is 253 g/mol. The van der Waals surface area contributed by atoms with Crippen molar-refractivity contribution in [3.63, 3.8) is 0 Å². The number of hydrogen-bond acceptors (Lipinski definition) is 2. The molecule has 1 aliphatic heterocycles. The van der Waals surface area contributed by atoms with E-state index in [0.717, 1.165) is 17.0 Å². The van der Waals surface area contributed by atoms with Crippen molar-refractivity contribution in [2.75, 3.05) is 11.9 Å². The molecule has 1 atom stereocenters. The number of benzene rings is 2. The summed E-state index contributed by atoms with van der Waals surface area (Å²) in [7, 11) is 0. The lowest BCUT2D eigenvalue weighted by molar-refractivity contribution is 0.340. The summed E-state index contributed by atoms with van der Waals surface area (Å²) in [6, 6.07) is 12.0. The first-order valence-electron chi connectivity index (χ1n) is 5.67. The molecule has 0 saturated heterocycles. The summed E-state index contributed by atoms with van der Waals surface area (Å²) >= 11 is 5.91. The SMILES string of the molecule is Fc1ccc(NC2COc3cc(Cl)ccc32)cc1. The van der Waals surface area contributed by atoms with Gasteiger partial charge in [-0.15, -0.1) is 0 Å². The molecule has 1 N–H and O–H groups in total. The van der Waals surface area contributed by atoms with Crippen molar-refractivity contribution < 1.29 is 9.13 Å². The van der Waals surface area contributed by atoms with Crippen molar-refractivity contribution >= 4 is 17.3 Å². The zero-order valence-electron chi connectivity index (χ0n) is 9.49. The summed E-state index contributed by atoms with van der Waals surface area (Å²) in [6.07, 6.45) is 0. The summed E-state index contributed by atoms with van der Waals surface area (Å²) in [5, 5.41) is 3.97. The van der Waals surface area contributed by atoms with Gasteiger partial charge in [0, 0.05) is 16.3 Å². The molecule has 2 aromatic rings. The lowest BCUT2D eigenvalue weighted by Crippen LogP contribution is -2.11. The van der Waals surface area contributed by atoms with Crippen molar-refractivity contribution in [2.45, 2.75) is 6.04 Å². The van der Waals surface area contributed by atoms with Crippen LogP contribution < -0.4 is 10.1 Å². The van der Waals surface area contributed by atoms with Gasteiger partial charge in [-0.25, -0.2) is 4.39 Å². The van der Waals surface area contributed by atoms with Crippen LogP contribution in [0.4, 0.5) is 10.1 Å². The van der Waals surface area contributed by atoms with E-state index in [2.05, 4.69) is 5.32 Å². The molecule has 92 valence electrons. The maximum absolute atomic E-state index is 12.8. The number of anilines is 1. The van der Waals surface area contributed by atoms with Crippen LogP contribution in [-0.2, 0) is 0 Å². The first-order chi connectivity index (χ1) is 8.72. The molecule has 0 spiro atoms. The maximum atomic E-state index is 12.8. The highest BCUT2D eigenvalue weighted by Crippen LogP contribution is 2.36. The Kier molecular flexibility index (Phi) is 2.84. The molecule has 4 heteroatoms. The fourth-order valence-electron chi connectivity index (χ4n) is 2.05. The predicted octanol–water partition coefficient (Wildman–Crippen LogP) is 4.02. The van der Waals surface area contributed by atoms with Gasteiger partial charge in [-0.05, 0) is 36.4 Å². The third-order valence-corrected chi connectivity index (χ3v) is 3.18. The molecule has 0 saturated carbocycles. The monoisotopic (exact) mass is 263 g/mol. The van der Waals surface area contributed by atoms with Gasteiger partial charge < -0.3 is 10.1 Å². The smallest absolute Gasteiger partial charge is 0.126 e. The Morgan fingerprint density at radius 1 is 1.17 bits per heavy atom. The lowest BCUT2D eigenvalue weighted by Gasteiger charge is -2.13. The van der Waals surface area contributed by atoms with Gasteiger partial charge in [0.1, 0.15) is 18.2 Å². The highest BCUT2D eigenvalue weighted by molar-refractivity contribution is 6.30. The Morgan fingerprint density at radius 2 is 1.94 bits per heavy atom. The first-order valence-corrected chi connectivity index (χ1v) is 6.04. The van der Waals surface area contributed by atoms with Crippen LogP contribution in [0.1, 0.15) is 11.6 Å². The van der Waals surface area contributed by atoms with Gasteiger partial charge in [0.05, 0.1) is 6.04 Å². The molecule has 1 heterocycles. The Morgan fingerprint density at radius 3 is 2.72 bits per heavy atom. The third kappa shape index (κ3) is 2.14. The number of rotatable bonds is 2. The highest BCUT2D eigenvalue weighted by atomic mass is 35.5. The minimum atomic E-state index is -0.240. The topological polar surface area (TPSA) is 21.3 Å². The molecular formula is C14H11ClFNO. The Labute approximate surface area is 109 Å². The fourth-order valence-corrected chi connectivity index (χ4v) is 2.21. The van der Waals surface area contributed by atoms with Crippen LogP contribution in [0.5, 0.6) is 5.75 Å². The van der Waals surface area contributed by atoms with E-state index in [1.807, 2.05) is 18.2 Å². The number of fused-ring (bicyclic) bond motifs is 1. The van der Waals surface area contributed by atoms with Crippen LogP contribution in [0.25, 0.3) is 0 Å². The third-order valence-electron chi connectivity index (χ3n) is 2.94. The van der Waals surface area contributed by atoms with Gasteiger partial charge in [0.15, 0.2) is 0 Å². The van der Waals surface area contributed by atoms with Gasteiger partial charge in [-0.2, -0.15) is 0 Å². The highest BCUT2D eigenvalue weighted by Gasteiger charge is 2.23. The molecule has 0 aromatic heterocycles. The van der Waals surface area contributed by atoms with Gasteiger partial charge in [0.2, 0.25) is 0 Å². The minimum absolute atomic E-state index is 0.0720. The molecule has 1 aliphatic rings. The van der Waals surface area contributed by atoms with Gasteiger partial charge in [0.25, 0.3) is 0 Å². The van der Waals surface area contributed by atoms with Crippen molar-refractivity contribution in [1.29, 1.82) is 0 Å². The molecule has 18 heavy (non-hydrogen) atoms. The molecule has 0 aliphatic carbocycles. The van der Waals surface area contributed by atoms with Gasteiger partial charge >= 0.3 is 0 Å². The summed E-state index contributed by atoms with van der Waals surface area (Å²) in [5.41, 5.74) is 1.94. The van der Waals surface area contributed by atoms with Crippen LogP contribution in [0, 0.1) is 5.82 Å². The summed E-state index contributed by atoms with van der Waals surface area (Å²) in [5.74, 6) is 0.567. The van der Waals surface area contributed by atoms with Crippen molar-refractivity contribution in [3.8, 4) is 5.75 Å². The second-order valence-electron chi connectivity index (χ2n) is 4.20. The Hall–Kier alpha value is -1.74. The second kappa shape index (κ2) is 4.50. The molecule has 2 aromatic carbocycles. The largest absolute Gasteiger partial charge is 0.491 e. The predicted molar refractivity (Wildman–Crippen MR) is 69.7 cm³/mol. The zero-order chi connectivity index (χ0) is 12.5. The fraction of sp³-hybridized carbons (Fsp3) is 0.143. The Balaban J connectivity index is 1.82. The van der Waals surface area contributed by atoms with E-state index >= 15 is 0 Å². The van der Waals surface area contributed by atoms with E-state index in [4.69, 9.17) is 16.3 Å². The molecule has 1 unspecified atom stereocenters. The standard InChI is InChI=1S/C14H11ClFNO/c15-9-1-6-12-13(8-18-14(12)7-9)17-11-4-2-10(16)3-5-11/h1-7,13,17H,8H2. The van der Waals surface area contributed by atoms with Crippen LogP contribution in [0.15, 0.2) is 42.5 Å². The molecule has 0 bridgehead atoms. The second-order valence-corrected chi connectivity index (χ2v) is 4.63. The average molecular weight is 264 g/mol. The van der Waals surface area contributed by atoms with Crippen molar-refractivity contribution in [2.24, 2.45) is 0 Å². The van der Waals surface area contributed by atoms with E-state index in [1.54, 1.807) is 12.1 Å². The summed E-state index contributed by atoms with van der Waals surface area (Å²) < 4.78 is 18.4. The first kappa shape index (κ1) is 11.4. The molecule has 0 amide bonds. The Bertz CT molecular complexity index is 571. The molecule has 0 fully saturated rings. The quantitative estimate of drug-likeness (QED) is 0.883. The summed E-state index contributed by atoms with van der Waals surface area (Å²) in [6.45, 7) is 0.549. The average Bonchev–Trinajstić information content (AvgIpc) is 2.74. The number of nitrogens with one attached hydrogen (secondary N) is 1. The van der Waals surface area contributed by atoms with Crippen LogP contribution in [0.2, 0.25) is 5.02 Å². The lowest BCUT2D eigenvalue weighted by atomic mass is 10.1. The van der Waals surface area contributed by atoms with E-state index in [1.165, 1.54) is 12.1 Å². The van der Waals surface area contributed by atoms with Crippen molar-refractivity contribution in [1.82, 2.24) is 0 Å². The van der Waals surface area contributed by atoms with Crippen LogP contribution in [0.3, 0.4) is 0 Å². The normalized spacial score (nSPS) is 17.1.